The van der Waals surface area contributed by atoms with Crippen LogP contribution < -0.4 is 15.4 Å². The third-order valence-electron chi connectivity index (χ3n) is 6.42. The van der Waals surface area contributed by atoms with Gasteiger partial charge in [0.25, 0.3) is 11.8 Å². The molecule has 2 aromatic carbocycles. The summed E-state index contributed by atoms with van der Waals surface area (Å²) in [4.78, 5) is 40.9. The zero-order valence-corrected chi connectivity index (χ0v) is 20.7. The van der Waals surface area contributed by atoms with Crippen molar-refractivity contribution >= 4 is 17.7 Å². The average Bonchev–Trinajstić information content (AvgIpc) is 2.89. The number of aryl methyl sites for hydroxylation is 1. The quantitative estimate of drug-likeness (QED) is 0.509. The van der Waals surface area contributed by atoms with E-state index in [1.54, 1.807) is 49.5 Å². The molecule has 188 valence electrons. The number of carbonyl (C=O) groups is 3. The van der Waals surface area contributed by atoms with E-state index in [2.05, 4.69) is 10.6 Å². The largest absolute Gasteiger partial charge is 0.497 e. The molecule has 1 atom stereocenters. The van der Waals surface area contributed by atoms with Crippen molar-refractivity contribution in [1.29, 1.82) is 0 Å². The normalized spacial score (nSPS) is 14.8. The molecule has 0 aromatic heterocycles. The van der Waals surface area contributed by atoms with Gasteiger partial charge in [-0.25, -0.2) is 0 Å². The van der Waals surface area contributed by atoms with Crippen LogP contribution in [0.25, 0.3) is 0 Å². The Morgan fingerprint density at radius 3 is 2.34 bits per heavy atom. The van der Waals surface area contributed by atoms with Gasteiger partial charge in [0.2, 0.25) is 5.91 Å². The van der Waals surface area contributed by atoms with Crippen LogP contribution in [0.4, 0.5) is 0 Å². The number of nitrogens with one attached hydrogen (secondary N) is 2. The van der Waals surface area contributed by atoms with Crippen LogP contribution in [0.5, 0.6) is 5.75 Å². The minimum Gasteiger partial charge on any atom is -0.497 e. The van der Waals surface area contributed by atoms with Crippen LogP contribution in [0.1, 0.15) is 45.5 Å². The summed E-state index contributed by atoms with van der Waals surface area (Å²) in [6, 6.07) is 13.7. The van der Waals surface area contributed by atoms with Crippen LogP contribution in [0, 0.1) is 12.8 Å². The second-order valence-electron chi connectivity index (χ2n) is 8.76. The van der Waals surface area contributed by atoms with E-state index in [1.165, 1.54) is 0 Å². The lowest BCUT2D eigenvalue weighted by Gasteiger charge is -2.36. The fraction of sp³-hybridized carbons (Fsp3) is 0.444. The second kappa shape index (κ2) is 12.9. The molecule has 0 saturated carbocycles. The Morgan fingerprint density at radius 1 is 1.03 bits per heavy atom. The molecule has 3 amide bonds. The summed E-state index contributed by atoms with van der Waals surface area (Å²) < 4.78 is 10.2. The predicted octanol–water partition coefficient (Wildman–Crippen LogP) is 2.81. The lowest BCUT2D eigenvalue weighted by atomic mass is 9.88. The highest BCUT2D eigenvalue weighted by Gasteiger charge is 2.34. The van der Waals surface area contributed by atoms with E-state index in [1.807, 2.05) is 25.1 Å². The summed E-state index contributed by atoms with van der Waals surface area (Å²) in [6.45, 7) is 3.93. The molecule has 35 heavy (non-hydrogen) atoms. The van der Waals surface area contributed by atoms with Crippen LogP contribution >= 0.6 is 0 Å². The Labute approximate surface area is 207 Å². The van der Waals surface area contributed by atoms with Gasteiger partial charge in [0.1, 0.15) is 11.8 Å². The highest BCUT2D eigenvalue weighted by atomic mass is 16.5. The number of hydrogen-bond acceptors (Lipinski definition) is 5. The zero-order valence-electron chi connectivity index (χ0n) is 20.7. The molecule has 0 bridgehead atoms. The zero-order chi connectivity index (χ0) is 25.2. The molecular formula is C27H35N3O5. The van der Waals surface area contributed by atoms with Gasteiger partial charge in [0.15, 0.2) is 0 Å². The summed E-state index contributed by atoms with van der Waals surface area (Å²) in [5, 5.41) is 5.90. The molecule has 8 heteroatoms. The number of methoxy groups -OCH3 is 2. The van der Waals surface area contributed by atoms with Crippen molar-refractivity contribution < 1.29 is 23.9 Å². The van der Waals surface area contributed by atoms with Gasteiger partial charge in [0.05, 0.1) is 7.11 Å². The molecule has 2 aromatic rings. The van der Waals surface area contributed by atoms with Crippen molar-refractivity contribution in [2.75, 3.05) is 40.5 Å². The van der Waals surface area contributed by atoms with Gasteiger partial charge in [-0.15, -0.1) is 0 Å². The first kappa shape index (κ1) is 26.2. The number of piperidine rings is 1. The van der Waals surface area contributed by atoms with Crippen molar-refractivity contribution in [2.24, 2.45) is 5.92 Å². The number of nitrogens with zero attached hydrogens (tertiary/aromatic N) is 1. The third-order valence-corrected chi connectivity index (χ3v) is 6.42. The summed E-state index contributed by atoms with van der Waals surface area (Å²) >= 11 is 0. The van der Waals surface area contributed by atoms with Gasteiger partial charge in [0, 0.05) is 44.5 Å². The smallest absolute Gasteiger partial charge is 0.253 e. The van der Waals surface area contributed by atoms with E-state index in [-0.39, 0.29) is 23.6 Å². The molecule has 8 nitrogen and oxygen atoms in total. The van der Waals surface area contributed by atoms with Crippen LogP contribution in [-0.2, 0) is 9.53 Å². The maximum Gasteiger partial charge on any atom is 0.253 e. The highest BCUT2D eigenvalue weighted by Crippen LogP contribution is 2.24. The fourth-order valence-corrected chi connectivity index (χ4v) is 4.33. The van der Waals surface area contributed by atoms with Gasteiger partial charge in [-0.3, -0.25) is 14.4 Å². The van der Waals surface area contributed by atoms with Crippen molar-refractivity contribution in [3.8, 4) is 5.75 Å². The van der Waals surface area contributed by atoms with Crippen LogP contribution in [0.15, 0.2) is 48.5 Å². The molecule has 3 rings (SSSR count). The van der Waals surface area contributed by atoms with Crippen molar-refractivity contribution in [3.63, 3.8) is 0 Å². The Hall–Kier alpha value is -3.39. The van der Waals surface area contributed by atoms with Gasteiger partial charge >= 0.3 is 0 Å². The van der Waals surface area contributed by atoms with Crippen molar-refractivity contribution in [1.82, 2.24) is 15.5 Å². The maximum absolute atomic E-state index is 13.1. The lowest BCUT2D eigenvalue weighted by Crippen LogP contribution is -2.54. The number of hydrogen-bond donors (Lipinski definition) is 2. The van der Waals surface area contributed by atoms with E-state index in [9.17, 15) is 14.4 Å². The number of rotatable bonds is 10. The number of carbonyl (C=O) groups excluding carboxylic acids is 3. The highest BCUT2D eigenvalue weighted by molar-refractivity contribution is 5.98. The Bertz CT molecular complexity index is 1000. The fourth-order valence-electron chi connectivity index (χ4n) is 4.33. The topological polar surface area (TPSA) is 97.0 Å². The maximum atomic E-state index is 13.1. The van der Waals surface area contributed by atoms with Gasteiger partial charge < -0.3 is 25.0 Å². The molecule has 1 heterocycles. The van der Waals surface area contributed by atoms with E-state index < -0.39 is 6.04 Å². The first-order chi connectivity index (χ1) is 16.9. The first-order valence-electron chi connectivity index (χ1n) is 12.0. The molecule has 1 aliphatic rings. The Morgan fingerprint density at radius 2 is 1.71 bits per heavy atom. The summed E-state index contributed by atoms with van der Waals surface area (Å²) in [7, 11) is 3.21. The van der Waals surface area contributed by atoms with Crippen LogP contribution in [0.2, 0.25) is 0 Å². The van der Waals surface area contributed by atoms with Crippen LogP contribution in [-0.4, -0.2) is 69.1 Å². The number of amides is 3. The molecular weight excluding hydrogens is 446 g/mol. The monoisotopic (exact) mass is 481 g/mol. The molecule has 1 fully saturated rings. The minimum absolute atomic E-state index is 0.0457. The predicted molar refractivity (Wildman–Crippen MR) is 134 cm³/mol. The lowest BCUT2D eigenvalue weighted by molar-refractivity contribution is -0.124. The van der Waals surface area contributed by atoms with Crippen molar-refractivity contribution in [3.05, 3.63) is 65.2 Å². The second-order valence-corrected chi connectivity index (χ2v) is 8.76. The SMILES string of the molecule is COCCCNC(=O)[C@@H](NC(=O)c1ccccc1C)C1CCN(C(=O)c2ccc(OC)cc2)CC1. The van der Waals surface area contributed by atoms with Crippen molar-refractivity contribution in [2.45, 2.75) is 32.2 Å². The van der Waals surface area contributed by atoms with E-state index >= 15 is 0 Å². The number of ether oxygens (including phenoxy) is 2. The van der Waals surface area contributed by atoms with Gasteiger partial charge in [-0.2, -0.15) is 0 Å². The molecule has 0 spiro atoms. The molecule has 0 aliphatic carbocycles. The van der Waals surface area contributed by atoms with Gasteiger partial charge in [-0.05, 0) is 68.0 Å². The molecule has 2 N–H and O–H groups in total. The molecule has 1 aliphatic heterocycles. The summed E-state index contributed by atoms with van der Waals surface area (Å²) in [6.07, 6.45) is 1.92. The van der Waals surface area contributed by atoms with E-state index in [0.717, 1.165) is 5.56 Å². The van der Waals surface area contributed by atoms with E-state index in [4.69, 9.17) is 9.47 Å². The third kappa shape index (κ3) is 7.05. The summed E-state index contributed by atoms with van der Waals surface area (Å²) in [5.41, 5.74) is 2.01. The standard InChI is InChI=1S/C27H35N3O5/c1-19-7-4-5-8-23(19)25(31)29-24(26(32)28-15-6-18-34-2)20-13-16-30(17-14-20)27(33)21-9-11-22(35-3)12-10-21/h4-5,7-12,20,24H,6,13-18H2,1-3H3,(H,28,32)(H,29,31)/t24-/m0/s1. The molecule has 0 unspecified atom stereocenters. The molecule has 0 radical (unpaired) electrons. The van der Waals surface area contributed by atoms with Crippen LogP contribution in [0.3, 0.4) is 0 Å². The average molecular weight is 482 g/mol. The Balaban J connectivity index is 1.66. The molecule has 1 saturated heterocycles. The number of likely N-dealkylation sites (tertiary alicyclic amines) is 1. The van der Waals surface area contributed by atoms with Gasteiger partial charge in [-0.1, -0.05) is 18.2 Å². The summed E-state index contributed by atoms with van der Waals surface area (Å²) in [5.74, 6) is 0.102. The first-order valence-corrected chi connectivity index (χ1v) is 12.0. The minimum atomic E-state index is -0.678. The Kier molecular flexibility index (Phi) is 9.66. The number of benzene rings is 2. The van der Waals surface area contributed by atoms with E-state index in [0.29, 0.717) is 62.4 Å².